The number of phenols is 1. The first-order valence-corrected chi connectivity index (χ1v) is 8.87. The van der Waals surface area contributed by atoms with Crippen molar-refractivity contribution in [3.05, 3.63) is 35.0 Å². The maximum absolute atomic E-state index is 11.0. The molecule has 0 saturated carbocycles. The molecule has 0 radical (unpaired) electrons. The molecule has 1 N–H and O–H groups in total. The lowest BCUT2D eigenvalue weighted by Crippen LogP contribution is -2.19. The van der Waals surface area contributed by atoms with Crippen molar-refractivity contribution in [2.75, 3.05) is 13.7 Å². The summed E-state index contributed by atoms with van der Waals surface area (Å²) in [6.45, 7) is 16.3. The molecule has 0 saturated heterocycles. The number of rotatable bonds is 4. The van der Waals surface area contributed by atoms with Crippen molar-refractivity contribution in [3.8, 4) is 17.0 Å². The van der Waals surface area contributed by atoms with E-state index in [2.05, 4.69) is 54.5 Å². The van der Waals surface area contributed by atoms with E-state index >= 15 is 0 Å². The average molecular weight is 344 g/mol. The van der Waals surface area contributed by atoms with Gasteiger partial charge in [0.2, 0.25) is 0 Å². The molecule has 0 fully saturated rings. The third-order valence-corrected chi connectivity index (χ3v) is 4.56. The van der Waals surface area contributed by atoms with E-state index in [1.54, 1.807) is 7.11 Å². The van der Waals surface area contributed by atoms with Gasteiger partial charge in [-0.2, -0.15) is 5.10 Å². The first-order valence-electron chi connectivity index (χ1n) is 8.87. The van der Waals surface area contributed by atoms with Crippen molar-refractivity contribution in [3.63, 3.8) is 0 Å². The maximum Gasteiger partial charge on any atom is 0.123 e. The number of aromatic hydroxyl groups is 1. The van der Waals surface area contributed by atoms with Crippen molar-refractivity contribution < 1.29 is 9.84 Å². The first kappa shape index (κ1) is 19.5. The van der Waals surface area contributed by atoms with E-state index in [1.165, 1.54) is 0 Å². The van der Waals surface area contributed by atoms with Crippen LogP contribution in [-0.4, -0.2) is 28.6 Å². The van der Waals surface area contributed by atoms with Crippen molar-refractivity contribution in [2.24, 2.45) is 0 Å². The van der Waals surface area contributed by atoms with Gasteiger partial charge < -0.3 is 9.84 Å². The zero-order valence-electron chi connectivity index (χ0n) is 16.9. The fourth-order valence-corrected chi connectivity index (χ4v) is 3.34. The fraction of sp³-hybridized carbons (Fsp3) is 0.571. The molecule has 2 rings (SSSR count). The molecule has 0 aliphatic heterocycles. The normalized spacial score (nSPS) is 12.6. The van der Waals surface area contributed by atoms with E-state index < -0.39 is 0 Å². The molecule has 0 aliphatic carbocycles. The SMILES string of the molecule is COCCn1ccc(-c2cc(C(C)(C)C)c(O)c(C(C)(C)C)c2C)n1. The number of nitrogens with zero attached hydrogens (tertiary/aromatic N) is 2. The Balaban J connectivity index is 2.67. The third kappa shape index (κ3) is 4.06. The molecule has 0 unspecified atom stereocenters. The van der Waals surface area contributed by atoms with Crippen LogP contribution in [0.4, 0.5) is 0 Å². The van der Waals surface area contributed by atoms with Gasteiger partial charge in [-0.15, -0.1) is 0 Å². The highest BCUT2D eigenvalue weighted by molar-refractivity contribution is 5.71. The molecule has 0 bridgehead atoms. The largest absolute Gasteiger partial charge is 0.507 e. The molecular weight excluding hydrogens is 312 g/mol. The van der Waals surface area contributed by atoms with Gasteiger partial charge in [-0.25, -0.2) is 0 Å². The van der Waals surface area contributed by atoms with E-state index in [0.29, 0.717) is 12.4 Å². The highest BCUT2D eigenvalue weighted by Gasteiger charge is 2.29. The Labute approximate surface area is 151 Å². The van der Waals surface area contributed by atoms with Crippen LogP contribution in [0.25, 0.3) is 11.3 Å². The van der Waals surface area contributed by atoms with Crippen LogP contribution in [0.5, 0.6) is 5.75 Å². The third-order valence-electron chi connectivity index (χ3n) is 4.56. The van der Waals surface area contributed by atoms with Gasteiger partial charge in [0.05, 0.1) is 18.8 Å². The highest BCUT2D eigenvalue weighted by atomic mass is 16.5. The lowest BCUT2D eigenvalue weighted by Gasteiger charge is -2.30. The standard InChI is InChI=1S/C21H32N2O2/c1-14-15(17-9-10-23(22-17)11-12-25-8)13-16(20(2,3)4)19(24)18(14)21(5,6)7/h9-10,13,24H,11-12H2,1-8H3. The van der Waals surface area contributed by atoms with Gasteiger partial charge in [0, 0.05) is 30.0 Å². The molecule has 25 heavy (non-hydrogen) atoms. The summed E-state index contributed by atoms with van der Waals surface area (Å²) in [6, 6.07) is 4.14. The Morgan fingerprint density at radius 2 is 1.76 bits per heavy atom. The van der Waals surface area contributed by atoms with Gasteiger partial charge >= 0.3 is 0 Å². The molecule has 0 spiro atoms. The minimum atomic E-state index is -0.150. The van der Waals surface area contributed by atoms with E-state index in [9.17, 15) is 5.11 Å². The number of methoxy groups -OCH3 is 1. The zero-order chi connectivity index (χ0) is 19.0. The molecule has 4 nitrogen and oxygen atoms in total. The molecular formula is C21H32N2O2. The van der Waals surface area contributed by atoms with E-state index in [1.807, 2.05) is 16.9 Å². The number of hydrogen-bond donors (Lipinski definition) is 1. The van der Waals surface area contributed by atoms with Crippen molar-refractivity contribution in [1.29, 1.82) is 0 Å². The number of benzene rings is 1. The van der Waals surface area contributed by atoms with Crippen LogP contribution in [0.3, 0.4) is 0 Å². The van der Waals surface area contributed by atoms with Gasteiger partial charge in [0.1, 0.15) is 5.75 Å². The zero-order valence-corrected chi connectivity index (χ0v) is 16.9. The van der Waals surface area contributed by atoms with E-state index in [-0.39, 0.29) is 10.8 Å². The molecule has 0 aliphatic rings. The van der Waals surface area contributed by atoms with Crippen LogP contribution in [0.15, 0.2) is 18.3 Å². The lowest BCUT2D eigenvalue weighted by molar-refractivity contribution is 0.183. The summed E-state index contributed by atoms with van der Waals surface area (Å²) in [6.07, 6.45) is 1.98. The number of phenolic OH excluding ortho intramolecular Hbond substituents is 1. The van der Waals surface area contributed by atoms with Crippen molar-refractivity contribution >= 4 is 0 Å². The second kappa shape index (κ2) is 6.83. The summed E-state index contributed by atoms with van der Waals surface area (Å²) in [5, 5.41) is 15.7. The molecule has 1 aromatic heterocycles. The molecule has 1 heterocycles. The van der Waals surface area contributed by atoms with E-state index in [0.717, 1.165) is 34.5 Å². The number of hydrogen-bond acceptors (Lipinski definition) is 3. The molecule has 138 valence electrons. The van der Waals surface area contributed by atoms with Crippen molar-refractivity contribution in [1.82, 2.24) is 9.78 Å². The minimum Gasteiger partial charge on any atom is -0.507 e. The predicted molar refractivity (Wildman–Crippen MR) is 103 cm³/mol. The first-order chi connectivity index (χ1) is 11.5. The Kier molecular flexibility index (Phi) is 5.33. The molecule has 0 atom stereocenters. The van der Waals surface area contributed by atoms with Crippen LogP contribution in [0.1, 0.15) is 58.2 Å². The van der Waals surface area contributed by atoms with Crippen LogP contribution in [0, 0.1) is 6.92 Å². The Bertz CT molecular complexity index is 746. The summed E-state index contributed by atoms with van der Waals surface area (Å²) in [5.41, 5.74) is 4.78. The van der Waals surface area contributed by atoms with Crippen LogP contribution in [0.2, 0.25) is 0 Å². The van der Waals surface area contributed by atoms with Gasteiger partial charge in [0.25, 0.3) is 0 Å². The van der Waals surface area contributed by atoms with E-state index in [4.69, 9.17) is 9.84 Å². The second-order valence-corrected chi connectivity index (χ2v) is 8.78. The molecule has 2 aromatic rings. The minimum absolute atomic E-state index is 0.148. The Morgan fingerprint density at radius 3 is 2.28 bits per heavy atom. The molecule has 4 heteroatoms. The summed E-state index contributed by atoms with van der Waals surface area (Å²) in [5.74, 6) is 0.417. The summed E-state index contributed by atoms with van der Waals surface area (Å²) >= 11 is 0. The highest BCUT2D eigenvalue weighted by Crippen LogP contribution is 2.44. The number of ether oxygens (including phenoxy) is 1. The average Bonchev–Trinajstić information content (AvgIpc) is 2.91. The van der Waals surface area contributed by atoms with Crippen LogP contribution >= 0.6 is 0 Å². The topological polar surface area (TPSA) is 47.3 Å². The Hall–Kier alpha value is -1.81. The lowest BCUT2D eigenvalue weighted by atomic mass is 9.75. The smallest absolute Gasteiger partial charge is 0.123 e. The molecule has 0 amide bonds. The summed E-state index contributed by atoms with van der Waals surface area (Å²) in [7, 11) is 1.69. The monoisotopic (exact) mass is 344 g/mol. The van der Waals surface area contributed by atoms with Crippen LogP contribution in [-0.2, 0) is 22.1 Å². The van der Waals surface area contributed by atoms with Gasteiger partial charge in [-0.05, 0) is 35.4 Å². The van der Waals surface area contributed by atoms with Gasteiger partial charge in [0.15, 0.2) is 0 Å². The summed E-state index contributed by atoms with van der Waals surface area (Å²) < 4.78 is 7.04. The van der Waals surface area contributed by atoms with Gasteiger partial charge in [-0.1, -0.05) is 41.5 Å². The summed E-state index contributed by atoms with van der Waals surface area (Å²) in [4.78, 5) is 0. The van der Waals surface area contributed by atoms with Crippen LogP contribution < -0.4 is 0 Å². The quantitative estimate of drug-likeness (QED) is 0.866. The van der Waals surface area contributed by atoms with Crippen molar-refractivity contribution in [2.45, 2.75) is 65.8 Å². The maximum atomic E-state index is 11.0. The predicted octanol–water partition coefficient (Wildman–Crippen LogP) is 4.81. The number of aromatic nitrogens is 2. The molecule has 1 aromatic carbocycles. The fourth-order valence-electron chi connectivity index (χ4n) is 3.34. The van der Waals surface area contributed by atoms with Gasteiger partial charge in [-0.3, -0.25) is 4.68 Å². The Morgan fingerprint density at radius 1 is 1.12 bits per heavy atom. The second-order valence-electron chi connectivity index (χ2n) is 8.78.